The van der Waals surface area contributed by atoms with Crippen LogP contribution in [0.2, 0.25) is 0 Å². The molecule has 2 aromatic heterocycles. The molecule has 1 aliphatic rings. The van der Waals surface area contributed by atoms with E-state index in [0.717, 1.165) is 30.8 Å². The fourth-order valence-corrected chi connectivity index (χ4v) is 2.94. The highest BCUT2D eigenvalue weighted by molar-refractivity contribution is 5.50. The van der Waals surface area contributed by atoms with Gasteiger partial charge < -0.3 is 11.1 Å². The number of fused-ring (bicyclic) bond motifs is 2. The summed E-state index contributed by atoms with van der Waals surface area (Å²) in [5, 5.41) is 15.1. The summed E-state index contributed by atoms with van der Waals surface area (Å²) >= 11 is 0. The Morgan fingerprint density at radius 1 is 1.29 bits per heavy atom. The normalized spacial score (nSPS) is 17.6. The maximum absolute atomic E-state index is 5.88. The lowest BCUT2D eigenvalue weighted by Gasteiger charge is -2.27. The zero-order valence-electron chi connectivity index (χ0n) is 11.4. The summed E-state index contributed by atoms with van der Waals surface area (Å²) in [7, 11) is 0. The molecule has 0 fully saturated rings. The maximum atomic E-state index is 5.88. The molecule has 106 valence electrons. The van der Waals surface area contributed by atoms with E-state index in [0.29, 0.717) is 5.65 Å². The number of nitrogens with two attached hydrogens (primary N) is 1. The van der Waals surface area contributed by atoms with Gasteiger partial charge in [0, 0.05) is 5.69 Å². The Labute approximate surface area is 121 Å². The molecule has 0 bridgehead atoms. The molecule has 1 unspecified atom stereocenters. The van der Waals surface area contributed by atoms with Gasteiger partial charge in [0.1, 0.15) is 0 Å². The number of nitrogen functional groups attached to an aromatic ring is 1. The number of anilines is 2. The van der Waals surface area contributed by atoms with Crippen LogP contribution in [0.4, 0.5) is 11.5 Å². The topological polar surface area (TPSA) is 94.0 Å². The average molecular weight is 281 g/mol. The van der Waals surface area contributed by atoms with Gasteiger partial charge in [0.25, 0.3) is 0 Å². The predicted molar refractivity (Wildman–Crippen MR) is 78.7 cm³/mol. The standard InChI is InChI=1S/C14H15N7/c15-10-4-5-11-9(6-10)2-1-3-12(11)17-13-7-16-8-14-18-19-20-21(13)14/h4-8,12,17H,1-3,15H2. The van der Waals surface area contributed by atoms with Gasteiger partial charge in [0.15, 0.2) is 11.5 Å². The van der Waals surface area contributed by atoms with Crippen molar-refractivity contribution >= 4 is 17.2 Å². The molecular weight excluding hydrogens is 266 g/mol. The van der Waals surface area contributed by atoms with Gasteiger partial charge in [-0.3, -0.25) is 4.98 Å². The summed E-state index contributed by atoms with van der Waals surface area (Å²) in [6.45, 7) is 0. The van der Waals surface area contributed by atoms with Gasteiger partial charge >= 0.3 is 0 Å². The van der Waals surface area contributed by atoms with Crippen LogP contribution in [-0.2, 0) is 6.42 Å². The highest BCUT2D eigenvalue weighted by Crippen LogP contribution is 2.33. The summed E-state index contributed by atoms with van der Waals surface area (Å²) in [6.07, 6.45) is 6.66. The molecule has 3 aromatic rings. The summed E-state index contributed by atoms with van der Waals surface area (Å²) in [5.74, 6) is 0.798. The van der Waals surface area contributed by atoms with Crippen LogP contribution in [-0.4, -0.2) is 25.0 Å². The molecule has 0 saturated carbocycles. The van der Waals surface area contributed by atoms with E-state index >= 15 is 0 Å². The number of nitrogens with zero attached hydrogens (tertiary/aromatic N) is 5. The van der Waals surface area contributed by atoms with Crippen molar-refractivity contribution in [1.82, 2.24) is 25.0 Å². The Morgan fingerprint density at radius 3 is 3.19 bits per heavy atom. The van der Waals surface area contributed by atoms with Crippen molar-refractivity contribution in [2.45, 2.75) is 25.3 Å². The highest BCUT2D eigenvalue weighted by Gasteiger charge is 2.21. The first-order chi connectivity index (χ1) is 10.3. The molecule has 0 amide bonds. The molecule has 0 saturated heterocycles. The van der Waals surface area contributed by atoms with E-state index in [2.05, 4.69) is 38.0 Å². The van der Waals surface area contributed by atoms with E-state index in [-0.39, 0.29) is 6.04 Å². The van der Waals surface area contributed by atoms with Gasteiger partial charge in [-0.25, -0.2) is 0 Å². The van der Waals surface area contributed by atoms with Gasteiger partial charge in [-0.15, -0.1) is 5.10 Å². The molecule has 7 heteroatoms. The number of benzene rings is 1. The Hall–Kier alpha value is -2.70. The fourth-order valence-electron chi connectivity index (χ4n) is 2.94. The second-order valence-electron chi connectivity index (χ2n) is 5.29. The van der Waals surface area contributed by atoms with Crippen LogP contribution in [0.1, 0.15) is 30.0 Å². The van der Waals surface area contributed by atoms with Gasteiger partial charge in [0.05, 0.1) is 18.4 Å². The van der Waals surface area contributed by atoms with Gasteiger partial charge in [-0.2, -0.15) is 4.52 Å². The van der Waals surface area contributed by atoms with Crippen LogP contribution in [0, 0.1) is 0 Å². The van der Waals surface area contributed by atoms with Crippen molar-refractivity contribution in [2.24, 2.45) is 0 Å². The van der Waals surface area contributed by atoms with Crippen LogP contribution < -0.4 is 11.1 Å². The van der Waals surface area contributed by atoms with Gasteiger partial charge in [0.2, 0.25) is 0 Å². The summed E-state index contributed by atoms with van der Waals surface area (Å²) < 4.78 is 1.67. The molecule has 1 aliphatic carbocycles. The average Bonchev–Trinajstić information content (AvgIpc) is 2.97. The number of aryl methyl sites for hydroxylation is 1. The van der Waals surface area contributed by atoms with E-state index in [1.165, 1.54) is 11.1 Å². The van der Waals surface area contributed by atoms with E-state index in [4.69, 9.17) is 5.73 Å². The third kappa shape index (κ3) is 2.06. The second kappa shape index (κ2) is 4.69. The SMILES string of the molecule is Nc1ccc2c(c1)CCCC2Nc1cncc2nnnn12. The van der Waals surface area contributed by atoms with Crippen LogP contribution in [0.5, 0.6) is 0 Å². The number of hydrogen-bond acceptors (Lipinski definition) is 6. The molecule has 3 N–H and O–H groups in total. The van der Waals surface area contributed by atoms with Crippen LogP contribution in [0.25, 0.3) is 5.65 Å². The second-order valence-corrected chi connectivity index (χ2v) is 5.29. The lowest BCUT2D eigenvalue weighted by Crippen LogP contribution is -2.19. The zero-order chi connectivity index (χ0) is 14.2. The number of aromatic nitrogens is 5. The third-order valence-corrected chi connectivity index (χ3v) is 3.91. The summed E-state index contributed by atoms with van der Waals surface area (Å²) in [5.41, 5.74) is 9.94. The van der Waals surface area contributed by atoms with Gasteiger partial charge in [-0.1, -0.05) is 6.07 Å². The van der Waals surface area contributed by atoms with Gasteiger partial charge in [-0.05, 0) is 52.9 Å². The predicted octanol–water partition coefficient (Wildman–Crippen LogP) is 1.59. The molecular formula is C14H15N7. The van der Waals surface area contributed by atoms with Crippen LogP contribution in [0.15, 0.2) is 30.6 Å². The zero-order valence-corrected chi connectivity index (χ0v) is 11.4. The first-order valence-corrected chi connectivity index (χ1v) is 6.98. The number of hydrogen-bond donors (Lipinski definition) is 2. The molecule has 4 rings (SSSR count). The molecule has 0 spiro atoms. The molecule has 7 nitrogen and oxygen atoms in total. The highest BCUT2D eigenvalue weighted by atomic mass is 15.5. The monoisotopic (exact) mass is 281 g/mol. The molecule has 2 heterocycles. The Morgan fingerprint density at radius 2 is 2.24 bits per heavy atom. The smallest absolute Gasteiger partial charge is 0.199 e. The van der Waals surface area contributed by atoms with Crippen LogP contribution >= 0.6 is 0 Å². The van der Waals surface area contributed by atoms with Crippen molar-refractivity contribution in [2.75, 3.05) is 11.1 Å². The minimum atomic E-state index is 0.228. The van der Waals surface area contributed by atoms with Crippen molar-refractivity contribution < 1.29 is 0 Å². The minimum absolute atomic E-state index is 0.228. The molecule has 0 aliphatic heterocycles. The molecule has 1 atom stereocenters. The van der Waals surface area contributed by atoms with E-state index < -0.39 is 0 Å². The van der Waals surface area contributed by atoms with Crippen LogP contribution in [0.3, 0.4) is 0 Å². The number of rotatable bonds is 2. The van der Waals surface area contributed by atoms with Crippen molar-refractivity contribution in [3.8, 4) is 0 Å². The van der Waals surface area contributed by atoms with Crippen molar-refractivity contribution in [3.63, 3.8) is 0 Å². The van der Waals surface area contributed by atoms with E-state index in [9.17, 15) is 0 Å². The number of tetrazole rings is 1. The first-order valence-electron chi connectivity index (χ1n) is 6.98. The lowest BCUT2D eigenvalue weighted by molar-refractivity contribution is 0.595. The quantitative estimate of drug-likeness (QED) is 0.693. The molecule has 1 aromatic carbocycles. The lowest BCUT2D eigenvalue weighted by atomic mass is 9.87. The molecule has 21 heavy (non-hydrogen) atoms. The number of nitrogens with one attached hydrogen (secondary N) is 1. The maximum Gasteiger partial charge on any atom is 0.199 e. The largest absolute Gasteiger partial charge is 0.399 e. The van der Waals surface area contributed by atoms with Crippen molar-refractivity contribution in [3.05, 3.63) is 41.7 Å². The summed E-state index contributed by atoms with van der Waals surface area (Å²) in [4.78, 5) is 4.17. The Balaban J connectivity index is 1.71. The summed E-state index contributed by atoms with van der Waals surface area (Å²) in [6, 6.07) is 6.36. The Bertz CT molecular complexity index is 795. The molecule has 0 radical (unpaired) electrons. The third-order valence-electron chi connectivity index (χ3n) is 3.91. The minimum Gasteiger partial charge on any atom is -0.399 e. The first kappa shape index (κ1) is 12.1. The van der Waals surface area contributed by atoms with E-state index in [1.807, 2.05) is 6.07 Å². The van der Waals surface area contributed by atoms with E-state index in [1.54, 1.807) is 16.9 Å². The van der Waals surface area contributed by atoms with Crippen molar-refractivity contribution in [1.29, 1.82) is 0 Å². The fraction of sp³-hybridized carbons (Fsp3) is 0.286. The Kier molecular flexibility index (Phi) is 2.70.